The van der Waals surface area contributed by atoms with Crippen LogP contribution in [0.1, 0.15) is 37.2 Å². The summed E-state index contributed by atoms with van der Waals surface area (Å²) in [6, 6.07) is 2.04. The second-order valence-electron chi connectivity index (χ2n) is 6.98. The number of carboxylic acid groups (broad SMARTS) is 1. The molecule has 0 aromatic carbocycles. The predicted molar refractivity (Wildman–Crippen MR) is 94.7 cm³/mol. The van der Waals surface area contributed by atoms with E-state index in [2.05, 4.69) is 21.0 Å². The number of nitrogens with two attached hydrogens (primary N) is 1. The van der Waals surface area contributed by atoms with Crippen molar-refractivity contribution in [2.75, 3.05) is 30.8 Å². The molecule has 2 aliphatic rings. The number of likely N-dealkylation sites (N-methyl/N-ethyl adjacent to an activating group) is 1. The van der Waals surface area contributed by atoms with Crippen LogP contribution in [-0.2, 0) is 0 Å². The summed E-state index contributed by atoms with van der Waals surface area (Å²) in [5.74, 6) is 1.48. The molecule has 0 unspecified atom stereocenters. The van der Waals surface area contributed by atoms with E-state index < -0.39 is 6.09 Å². The Kier molecular flexibility index (Phi) is 3.82. The van der Waals surface area contributed by atoms with Crippen LogP contribution < -0.4 is 10.6 Å². The van der Waals surface area contributed by atoms with Crippen molar-refractivity contribution in [2.24, 2.45) is 0 Å². The Balaban J connectivity index is 1.62. The van der Waals surface area contributed by atoms with Gasteiger partial charge in [-0.15, -0.1) is 0 Å². The second kappa shape index (κ2) is 6.02. The smallest absolute Gasteiger partial charge is 0.407 e. The van der Waals surface area contributed by atoms with Gasteiger partial charge in [0.1, 0.15) is 5.52 Å². The summed E-state index contributed by atoms with van der Waals surface area (Å²) >= 11 is 0. The van der Waals surface area contributed by atoms with Gasteiger partial charge in [0.05, 0.1) is 11.6 Å². The molecule has 8 heteroatoms. The van der Waals surface area contributed by atoms with Gasteiger partial charge in [0.15, 0.2) is 5.82 Å². The monoisotopic (exact) mass is 342 g/mol. The Morgan fingerprint density at radius 3 is 2.72 bits per heavy atom. The van der Waals surface area contributed by atoms with Gasteiger partial charge >= 0.3 is 6.09 Å². The minimum atomic E-state index is -0.920. The fourth-order valence-electron chi connectivity index (χ4n) is 3.77. The molecule has 1 saturated carbocycles. The maximum absolute atomic E-state index is 11.1. The van der Waals surface area contributed by atoms with E-state index in [0.717, 1.165) is 11.0 Å². The van der Waals surface area contributed by atoms with Gasteiger partial charge in [0, 0.05) is 26.3 Å². The number of carbonyl (C=O) groups is 1. The minimum Gasteiger partial charge on any atom is -0.465 e. The molecule has 0 atom stereocenters. The lowest BCUT2D eigenvalue weighted by atomic mass is 9.99. The Bertz CT molecular complexity index is 814. The van der Waals surface area contributed by atoms with Crippen LogP contribution in [-0.4, -0.2) is 57.2 Å². The quantitative estimate of drug-likeness (QED) is 0.879. The van der Waals surface area contributed by atoms with Crippen LogP contribution in [0.25, 0.3) is 11.0 Å². The first-order chi connectivity index (χ1) is 12.0. The maximum Gasteiger partial charge on any atom is 0.407 e. The molecular formula is C17H22N6O2. The number of anilines is 2. The molecule has 0 spiro atoms. The molecule has 1 aliphatic heterocycles. The lowest BCUT2D eigenvalue weighted by Crippen LogP contribution is -2.60. The van der Waals surface area contributed by atoms with Gasteiger partial charge < -0.3 is 20.6 Å². The van der Waals surface area contributed by atoms with Crippen molar-refractivity contribution in [3.63, 3.8) is 0 Å². The zero-order valence-electron chi connectivity index (χ0n) is 14.2. The number of nitrogen functional groups attached to an aromatic ring is 1. The van der Waals surface area contributed by atoms with Gasteiger partial charge in [-0.1, -0.05) is 12.8 Å². The highest BCUT2D eigenvalue weighted by atomic mass is 16.4. The molecule has 2 aromatic heterocycles. The van der Waals surface area contributed by atoms with E-state index in [1.807, 2.05) is 11.1 Å². The van der Waals surface area contributed by atoms with Crippen molar-refractivity contribution in [2.45, 2.75) is 37.6 Å². The van der Waals surface area contributed by atoms with Crippen molar-refractivity contribution in [3.8, 4) is 0 Å². The van der Waals surface area contributed by atoms with Crippen LogP contribution in [0.5, 0.6) is 0 Å². The van der Waals surface area contributed by atoms with Gasteiger partial charge in [-0.25, -0.2) is 9.78 Å². The molecule has 3 heterocycles. The SMILES string of the molecule is CN(C(=O)O)C1CN(c2nc(N)nc3cc(C4CCCC4)cnc23)C1. The van der Waals surface area contributed by atoms with E-state index >= 15 is 0 Å². The molecule has 2 fully saturated rings. The lowest BCUT2D eigenvalue weighted by Gasteiger charge is -2.43. The molecule has 4 rings (SSSR count). The zero-order chi connectivity index (χ0) is 17.6. The number of pyridine rings is 1. The number of aromatic nitrogens is 3. The first-order valence-corrected chi connectivity index (χ1v) is 8.67. The van der Waals surface area contributed by atoms with Crippen LogP contribution in [0.15, 0.2) is 12.3 Å². The van der Waals surface area contributed by atoms with E-state index in [1.54, 1.807) is 7.05 Å². The van der Waals surface area contributed by atoms with Gasteiger partial charge in [0.2, 0.25) is 5.95 Å². The summed E-state index contributed by atoms with van der Waals surface area (Å²) in [5.41, 5.74) is 8.62. The first kappa shape index (κ1) is 15.9. The molecule has 3 N–H and O–H groups in total. The zero-order valence-corrected chi connectivity index (χ0v) is 14.2. The van der Waals surface area contributed by atoms with Crippen LogP contribution in [0.3, 0.4) is 0 Å². The van der Waals surface area contributed by atoms with Crippen LogP contribution in [0.4, 0.5) is 16.6 Å². The van der Waals surface area contributed by atoms with Gasteiger partial charge in [-0.05, 0) is 30.4 Å². The Morgan fingerprint density at radius 2 is 2.04 bits per heavy atom. The molecule has 1 saturated heterocycles. The summed E-state index contributed by atoms with van der Waals surface area (Å²) in [4.78, 5) is 27.7. The normalized spacial score (nSPS) is 18.5. The third-order valence-corrected chi connectivity index (χ3v) is 5.39. The number of hydrogen-bond donors (Lipinski definition) is 2. The molecular weight excluding hydrogens is 320 g/mol. The molecule has 132 valence electrons. The maximum atomic E-state index is 11.1. The second-order valence-corrected chi connectivity index (χ2v) is 6.98. The number of rotatable bonds is 3. The first-order valence-electron chi connectivity index (χ1n) is 8.67. The summed E-state index contributed by atoms with van der Waals surface area (Å²) in [6.07, 6.45) is 5.96. The summed E-state index contributed by atoms with van der Waals surface area (Å²) < 4.78 is 0. The van der Waals surface area contributed by atoms with Crippen molar-refractivity contribution in [3.05, 3.63) is 17.8 Å². The van der Waals surface area contributed by atoms with E-state index in [-0.39, 0.29) is 12.0 Å². The highest BCUT2D eigenvalue weighted by Crippen LogP contribution is 2.36. The standard InChI is InChI=1S/C17H22N6O2/c1-22(17(24)25)12-8-23(9-12)15-14-13(20-16(18)21-15)6-11(7-19-14)10-4-2-3-5-10/h6-7,10,12H,2-5,8-9H2,1H3,(H,24,25)(H2,18,20,21). The van der Waals surface area contributed by atoms with E-state index in [0.29, 0.717) is 24.8 Å². The molecule has 2 aromatic rings. The molecule has 1 aliphatic carbocycles. The third-order valence-electron chi connectivity index (χ3n) is 5.39. The average Bonchev–Trinajstić information content (AvgIpc) is 3.06. The highest BCUT2D eigenvalue weighted by Gasteiger charge is 2.34. The minimum absolute atomic E-state index is 0.0403. The fourth-order valence-corrected chi connectivity index (χ4v) is 3.77. The van der Waals surface area contributed by atoms with Gasteiger partial charge in [-0.2, -0.15) is 4.98 Å². The summed E-state index contributed by atoms with van der Waals surface area (Å²) in [7, 11) is 1.59. The fraction of sp³-hybridized carbons (Fsp3) is 0.529. The summed E-state index contributed by atoms with van der Waals surface area (Å²) in [5, 5.41) is 9.07. The Hall–Kier alpha value is -2.64. The van der Waals surface area contributed by atoms with Crippen molar-refractivity contribution in [1.82, 2.24) is 19.9 Å². The number of amides is 1. The average molecular weight is 342 g/mol. The Morgan fingerprint density at radius 1 is 1.32 bits per heavy atom. The predicted octanol–water partition coefficient (Wildman–Crippen LogP) is 2.06. The van der Waals surface area contributed by atoms with Gasteiger partial charge in [-0.3, -0.25) is 4.98 Å². The van der Waals surface area contributed by atoms with Crippen LogP contribution in [0, 0.1) is 0 Å². The molecule has 0 radical (unpaired) electrons. The lowest BCUT2D eigenvalue weighted by molar-refractivity contribution is 0.130. The van der Waals surface area contributed by atoms with Crippen LogP contribution >= 0.6 is 0 Å². The summed E-state index contributed by atoms with van der Waals surface area (Å²) in [6.45, 7) is 1.17. The van der Waals surface area contributed by atoms with E-state index in [1.165, 1.54) is 36.1 Å². The van der Waals surface area contributed by atoms with Crippen molar-refractivity contribution in [1.29, 1.82) is 0 Å². The third kappa shape index (κ3) is 2.81. The number of hydrogen-bond acceptors (Lipinski definition) is 6. The highest BCUT2D eigenvalue weighted by molar-refractivity contribution is 5.87. The van der Waals surface area contributed by atoms with Crippen molar-refractivity contribution >= 4 is 28.9 Å². The molecule has 25 heavy (non-hydrogen) atoms. The number of fused-ring (bicyclic) bond motifs is 1. The van der Waals surface area contributed by atoms with E-state index in [9.17, 15) is 4.79 Å². The van der Waals surface area contributed by atoms with Crippen LogP contribution in [0.2, 0.25) is 0 Å². The molecule has 8 nitrogen and oxygen atoms in total. The molecule has 0 bridgehead atoms. The molecule has 1 amide bonds. The van der Waals surface area contributed by atoms with Gasteiger partial charge in [0.25, 0.3) is 0 Å². The largest absolute Gasteiger partial charge is 0.465 e. The Labute approximate surface area is 145 Å². The van der Waals surface area contributed by atoms with Crippen molar-refractivity contribution < 1.29 is 9.90 Å². The van der Waals surface area contributed by atoms with E-state index in [4.69, 9.17) is 10.8 Å². The topological polar surface area (TPSA) is 108 Å². The number of nitrogens with zero attached hydrogens (tertiary/aromatic N) is 5.